The van der Waals surface area contributed by atoms with Crippen molar-refractivity contribution in [2.45, 2.75) is 13.0 Å². The van der Waals surface area contributed by atoms with Crippen LogP contribution in [0.1, 0.15) is 12.0 Å². The van der Waals surface area contributed by atoms with Crippen LogP contribution in [0.5, 0.6) is 0 Å². The second kappa shape index (κ2) is 6.63. The number of benzene rings is 1. The Morgan fingerprint density at radius 2 is 2.00 bits per heavy atom. The topological polar surface area (TPSA) is 21.3 Å². The Hall–Kier alpha value is -0.860. The van der Waals surface area contributed by atoms with Crippen LogP contribution in [0.3, 0.4) is 0 Å². The first-order valence-corrected chi connectivity index (χ1v) is 4.55. The first kappa shape index (κ1) is 10.2. The summed E-state index contributed by atoms with van der Waals surface area (Å²) in [6, 6.07) is 10.4. The fourth-order valence-corrected chi connectivity index (χ4v) is 1.13. The van der Waals surface area contributed by atoms with E-state index in [2.05, 4.69) is 36.7 Å². The van der Waals surface area contributed by atoms with E-state index in [1.165, 1.54) is 5.56 Å². The van der Waals surface area contributed by atoms with Gasteiger partial charge in [0.2, 0.25) is 0 Å². The fourth-order valence-electron chi connectivity index (χ4n) is 1.13. The van der Waals surface area contributed by atoms with Gasteiger partial charge in [-0.1, -0.05) is 30.3 Å². The summed E-state index contributed by atoms with van der Waals surface area (Å²) in [6.07, 6.45) is 1.01. The number of nitrogens with one attached hydrogen (secondary N) is 1. The van der Waals surface area contributed by atoms with Gasteiger partial charge in [0.1, 0.15) is 0 Å². The van der Waals surface area contributed by atoms with Crippen molar-refractivity contribution >= 4 is 0 Å². The second-order valence-electron chi connectivity index (χ2n) is 2.92. The fraction of sp³-hybridized carbons (Fsp3) is 0.364. The monoisotopic (exact) mass is 178 g/mol. The van der Waals surface area contributed by atoms with Crippen molar-refractivity contribution in [3.05, 3.63) is 43.0 Å². The van der Waals surface area contributed by atoms with Crippen LogP contribution < -0.4 is 5.32 Å². The standard InChI is InChI=1S/C11H16NO/c1-13-9-5-8-12-10-11-6-3-2-4-7-11/h2-4,6-7,12H,1,5,8-10H2. The second-order valence-corrected chi connectivity index (χ2v) is 2.92. The van der Waals surface area contributed by atoms with E-state index < -0.39 is 0 Å². The molecule has 0 atom stereocenters. The first-order chi connectivity index (χ1) is 6.43. The van der Waals surface area contributed by atoms with Crippen molar-refractivity contribution in [3.8, 4) is 0 Å². The van der Waals surface area contributed by atoms with Gasteiger partial charge in [0.25, 0.3) is 0 Å². The molecule has 0 amide bonds. The van der Waals surface area contributed by atoms with E-state index in [9.17, 15) is 0 Å². The molecular formula is C11H16NO. The Kier molecular flexibility index (Phi) is 5.22. The lowest BCUT2D eigenvalue weighted by atomic mass is 10.2. The van der Waals surface area contributed by atoms with Crippen molar-refractivity contribution in [2.24, 2.45) is 0 Å². The van der Waals surface area contributed by atoms with Crippen molar-refractivity contribution in [2.75, 3.05) is 13.2 Å². The minimum Gasteiger partial charge on any atom is -0.379 e. The predicted octanol–water partition coefficient (Wildman–Crippen LogP) is 1.97. The summed E-state index contributed by atoms with van der Waals surface area (Å²) in [7, 11) is 3.31. The Balaban J connectivity index is 2.07. The van der Waals surface area contributed by atoms with Crippen molar-refractivity contribution < 1.29 is 4.74 Å². The van der Waals surface area contributed by atoms with E-state index >= 15 is 0 Å². The van der Waals surface area contributed by atoms with Crippen LogP contribution in [-0.4, -0.2) is 13.2 Å². The molecule has 0 spiro atoms. The minimum absolute atomic E-state index is 0.724. The van der Waals surface area contributed by atoms with E-state index in [1.807, 2.05) is 6.07 Å². The molecule has 1 N–H and O–H groups in total. The summed E-state index contributed by atoms with van der Waals surface area (Å²) in [5.41, 5.74) is 1.32. The predicted molar refractivity (Wildman–Crippen MR) is 54.1 cm³/mol. The van der Waals surface area contributed by atoms with Gasteiger partial charge < -0.3 is 10.1 Å². The van der Waals surface area contributed by atoms with Crippen LogP contribution in [0.4, 0.5) is 0 Å². The van der Waals surface area contributed by atoms with E-state index in [0.29, 0.717) is 0 Å². The molecule has 0 bridgehead atoms. The highest BCUT2D eigenvalue weighted by molar-refractivity contribution is 5.14. The average molecular weight is 178 g/mol. The Labute approximate surface area is 79.9 Å². The molecule has 0 aliphatic carbocycles. The Morgan fingerprint density at radius 1 is 1.23 bits per heavy atom. The summed E-state index contributed by atoms with van der Waals surface area (Å²) in [6.45, 7) is 2.63. The minimum atomic E-state index is 0.724. The highest BCUT2D eigenvalue weighted by Crippen LogP contribution is 1.96. The van der Waals surface area contributed by atoms with Gasteiger partial charge in [0.15, 0.2) is 0 Å². The van der Waals surface area contributed by atoms with Gasteiger partial charge >= 0.3 is 0 Å². The van der Waals surface area contributed by atoms with E-state index in [4.69, 9.17) is 4.74 Å². The largest absolute Gasteiger partial charge is 0.379 e. The normalized spacial score (nSPS) is 10.2. The van der Waals surface area contributed by atoms with Gasteiger partial charge in [-0.15, -0.1) is 0 Å². The average Bonchev–Trinajstić information content (AvgIpc) is 2.19. The Morgan fingerprint density at radius 3 is 2.69 bits per heavy atom. The zero-order valence-corrected chi connectivity index (χ0v) is 7.83. The van der Waals surface area contributed by atoms with Gasteiger partial charge in [0, 0.05) is 13.2 Å². The van der Waals surface area contributed by atoms with Crippen LogP contribution in [0.25, 0.3) is 0 Å². The molecule has 0 saturated carbocycles. The molecule has 0 aliphatic rings. The molecule has 1 rings (SSSR count). The third kappa shape index (κ3) is 4.65. The van der Waals surface area contributed by atoms with Crippen LogP contribution in [-0.2, 0) is 11.3 Å². The van der Waals surface area contributed by atoms with E-state index in [-0.39, 0.29) is 0 Å². The maximum atomic E-state index is 4.70. The van der Waals surface area contributed by atoms with Crippen molar-refractivity contribution in [3.63, 3.8) is 0 Å². The van der Waals surface area contributed by atoms with Crippen LogP contribution in [0, 0.1) is 7.11 Å². The summed E-state index contributed by atoms with van der Waals surface area (Å²) in [4.78, 5) is 0. The van der Waals surface area contributed by atoms with E-state index in [0.717, 1.165) is 26.1 Å². The molecule has 1 aromatic carbocycles. The van der Waals surface area contributed by atoms with Gasteiger partial charge in [-0.2, -0.15) is 0 Å². The maximum absolute atomic E-state index is 4.70. The third-order valence-corrected chi connectivity index (χ3v) is 1.81. The van der Waals surface area contributed by atoms with Crippen molar-refractivity contribution in [1.82, 2.24) is 5.32 Å². The first-order valence-electron chi connectivity index (χ1n) is 4.55. The van der Waals surface area contributed by atoms with Gasteiger partial charge in [0.05, 0.1) is 7.11 Å². The molecule has 1 radical (unpaired) electrons. The molecule has 13 heavy (non-hydrogen) atoms. The molecule has 0 aromatic heterocycles. The van der Waals surface area contributed by atoms with Gasteiger partial charge in [-0.25, -0.2) is 0 Å². The molecule has 0 heterocycles. The number of hydrogen-bond donors (Lipinski definition) is 1. The summed E-state index contributed by atoms with van der Waals surface area (Å²) < 4.78 is 4.70. The van der Waals surface area contributed by atoms with Crippen LogP contribution >= 0.6 is 0 Å². The maximum Gasteiger partial charge on any atom is 0.0700 e. The lowest BCUT2D eigenvalue weighted by Crippen LogP contribution is -2.15. The van der Waals surface area contributed by atoms with Crippen molar-refractivity contribution in [1.29, 1.82) is 0 Å². The van der Waals surface area contributed by atoms with Crippen LogP contribution in [0.2, 0.25) is 0 Å². The zero-order chi connectivity index (χ0) is 9.36. The molecule has 71 valence electrons. The van der Waals surface area contributed by atoms with E-state index in [1.54, 1.807) is 0 Å². The summed E-state index contributed by atoms with van der Waals surface area (Å²) in [5, 5.41) is 3.33. The molecule has 1 aromatic rings. The quantitative estimate of drug-likeness (QED) is 0.672. The lowest BCUT2D eigenvalue weighted by Gasteiger charge is -2.03. The molecule has 2 heteroatoms. The molecule has 0 unspecified atom stereocenters. The molecule has 0 fully saturated rings. The highest BCUT2D eigenvalue weighted by atomic mass is 16.5. The number of hydrogen-bond acceptors (Lipinski definition) is 2. The SMILES string of the molecule is [CH2]OCCCNCc1ccccc1. The van der Waals surface area contributed by atoms with Crippen LogP contribution in [0.15, 0.2) is 30.3 Å². The number of rotatable bonds is 6. The van der Waals surface area contributed by atoms with Gasteiger partial charge in [-0.3, -0.25) is 0 Å². The highest BCUT2D eigenvalue weighted by Gasteiger charge is 1.89. The van der Waals surface area contributed by atoms with Gasteiger partial charge in [-0.05, 0) is 18.5 Å². The molecule has 2 nitrogen and oxygen atoms in total. The summed E-state index contributed by atoms with van der Waals surface area (Å²) in [5.74, 6) is 0. The zero-order valence-electron chi connectivity index (χ0n) is 7.83. The molecular weight excluding hydrogens is 162 g/mol. The molecule has 0 saturated heterocycles. The third-order valence-electron chi connectivity index (χ3n) is 1.81. The Bertz CT molecular complexity index is 211. The smallest absolute Gasteiger partial charge is 0.0700 e. The summed E-state index contributed by atoms with van der Waals surface area (Å²) >= 11 is 0. The molecule has 0 aliphatic heterocycles. The lowest BCUT2D eigenvalue weighted by molar-refractivity contribution is 0.236. The number of ether oxygens (including phenoxy) is 1.